The van der Waals surface area contributed by atoms with Crippen molar-refractivity contribution in [3.8, 4) is 11.6 Å². The molecule has 2 heterocycles. The lowest BCUT2D eigenvalue weighted by molar-refractivity contribution is -0.142. The normalized spacial score (nSPS) is 10.3. The van der Waals surface area contributed by atoms with E-state index >= 15 is 0 Å². The van der Waals surface area contributed by atoms with Gasteiger partial charge in [-0.15, -0.1) is 0 Å². The number of nitrogens with zero attached hydrogens (tertiary/aromatic N) is 3. The lowest BCUT2D eigenvalue weighted by atomic mass is 10.2. The first kappa shape index (κ1) is 19.9. The Morgan fingerprint density at radius 3 is 2.52 bits per heavy atom. The molecule has 0 aliphatic carbocycles. The molecule has 0 aliphatic heterocycles. The monoisotopic (exact) mass is 394 g/mol. The maximum absolute atomic E-state index is 12.9. The number of likely N-dealkylation sites (N-methyl/N-ethyl adjacent to an activating group) is 1. The Labute approximate surface area is 167 Å². The topological polar surface area (TPSA) is 84.4 Å². The third kappa shape index (κ3) is 5.83. The Bertz CT molecular complexity index is 963. The first-order chi connectivity index (χ1) is 14.0. The number of aromatic nitrogens is 2. The van der Waals surface area contributed by atoms with Gasteiger partial charge in [0.2, 0.25) is 5.88 Å². The number of amides is 2. The van der Waals surface area contributed by atoms with Crippen molar-refractivity contribution in [1.29, 1.82) is 0 Å². The van der Waals surface area contributed by atoms with E-state index in [1.165, 1.54) is 41.4 Å². The number of carbonyl (C=O) groups excluding carboxylic acids is 2. The fourth-order valence-electron chi connectivity index (χ4n) is 2.43. The van der Waals surface area contributed by atoms with Crippen molar-refractivity contribution in [2.24, 2.45) is 0 Å². The SMILES string of the molecule is CN(CCc1ccccn1)C(=O)C(=O)Nc1ccc(Oc2ccc(F)cc2)nc1. The van der Waals surface area contributed by atoms with Gasteiger partial charge in [-0.1, -0.05) is 6.07 Å². The highest BCUT2D eigenvalue weighted by atomic mass is 19.1. The number of benzene rings is 1. The van der Waals surface area contributed by atoms with E-state index in [9.17, 15) is 14.0 Å². The van der Waals surface area contributed by atoms with Crippen molar-refractivity contribution < 1.29 is 18.7 Å². The lowest BCUT2D eigenvalue weighted by Gasteiger charge is -2.16. The molecule has 2 amide bonds. The molecule has 3 rings (SSSR count). The molecule has 0 saturated carbocycles. The average Bonchev–Trinajstić information content (AvgIpc) is 2.75. The molecule has 7 nitrogen and oxygen atoms in total. The number of anilines is 1. The number of carbonyl (C=O) groups is 2. The molecule has 148 valence electrons. The smallest absolute Gasteiger partial charge is 0.313 e. The Kier molecular flexibility index (Phi) is 6.47. The molecular formula is C21H19FN4O3. The van der Waals surface area contributed by atoms with Gasteiger partial charge in [-0.25, -0.2) is 9.37 Å². The highest BCUT2D eigenvalue weighted by Crippen LogP contribution is 2.20. The highest BCUT2D eigenvalue weighted by molar-refractivity contribution is 6.39. The Balaban J connectivity index is 1.51. The summed E-state index contributed by atoms with van der Waals surface area (Å²) in [5.41, 5.74) is 1.20. The minimum absolute atomic E-state index is 0.272. The Hall–Kier alpha value is -3.81. The van der Waals surface area contributed by atoms with Crippen LogP contribution >= 0.6 is 0 Å². The van der Waals surface area contributed by atoms with Crippen molar-refractivity contribution >= 4 is 17.5 Å². The average molecular weight is 394 g/mol. The largest absolute Gasteiger partial charge is 0.439 e. The first-order valence-electron chi connectivity index (χ1n) is 8.87. The van der Waals surface area contributed by atoms with E-state index in [-0.39, 0.29) is 11.7 Å². The van der Waals surface area contributed by atoms with Crippen LogP contribution in [0.4, 0.5) is 10.1 Å². The minimum atomic E-state index is -0.762. The van der Waals surface area contributed by atoms with E-state index in [0.717, 1.165) is 5.69 Å². The van der Waals surface area contributed by atoms with Crippen LogP contribution in [0.3, 0.4) is 0 Å². The van der Waals surface area contributed by atoms with Crippen molar-refractivity contribution in [3.63, 3.8) is 0 Å². The molecule has 0 atom stereocenters. The summed E-state index contributed by atoms with van der Waals surface area (Å²) in [6.07, 6.45) is 3.60. The van der Waals surface area contributed by atoms with Gasteiger partial charge in [0.1, 0.15) is 11.6 Å². The molecule has 0 bridgehead atoms. The third-order valence-corrected chi connectivity index (χ3v) is 4.00. The minimum Gasteiger partial charge on any atom is -0.439 e. The number of rotatable bonds is 6. The van der Waals surface area contributed by atoms with Gasteiger partial charge in [0, 0.05) is 38.0 Å². The second-order valence-corrected chi connectivity index (χ2v) is 6.19. The zero-order valence-electron chi connectivity index (χ0n) is 15.7. The molecule has 0 fully saturated rings. The second-order valence-electron chi connectivity index (χ2n) is 6.19. The standard InChI is InChI=1S/C21H19FN4O3/c1-26(13-11-16-4-2-3-12-23-16)21(28)20(27)25-17-7-10-19(24-14-17)29-18-8-5-15(22)6-9-18/h2-10,12,14H,11,13H2,1H3,(H,25,27). The van der Waals surface area contributed by atoms with E-state index in [0.29, 0.717) is 24.4 Å². The van der Waals surface area contributed by atoms with E-state index in [4.69, 9.17) is 4.74 Å². The van der Waals surface area contributed by atoms with E-state index < -0.39 is 11.8 Å². The molecule has 0 unspecified atom stereocenters. The Morgan fingerprint density at radius 2 is 1.86 bits per heavy atom. The number of halogens is 1. The second kappa shape index (κ2) is 9.41. The van der Waals surface area contributed by atoms with Crippen LogP contribution in [0.5, 0.6) is 11.6 Å². The van der Waals surface area contributed by atoms with Crippen LogP contribution in [0.25, 0.3) is 0 Å². The summed E-state index contributed by atoms with van der Waals surface area (Å²) in [6, 6.07) is 14.2. The van der Waals surface area contributed by atoms with Gasteiger partial charge in [-0.3, -0.25) is 14.6 Å². The summed E-state index contributed by atoms with van der Waals surface area (Å²) < 4.78 is 18.4. The summed E-state index contributed by atoms with van der Waals surface area (Å²) in [5, 5.41) is 2.51. The maximum atomic E-state index is 12.9. The molecule has 1 aromatic carbocycles. The first-order valence-corrected chi connectivity index (χ1v) is 8.87. The highest BCUT2D eigenvalue weighted by Gasteiger charge is 2.19. The predicted molar refractivity (Wildman–Crippen MR) is 105 cm³/mol. The number of ether oxygens (including phenoxy) is 1. The third-order valence-electron chi connectivity index (χ3n) is 4.00. The molecule has 0 radical (unpaired) electrons. The summed E-state index contributed by atoms with van der Waals surface area (Å²) in [6.45, 7) is 0.367. The van der Waals surface area contributed by atoms with Crippen LogP contribution in [0.1, 0.15) is 5.69 Å². The van der Waals surface area contributed by atoms with Crippen molar-refractivity contribution in [2.45, 2.75) is 6.42 Å². The molecule has 0 spiro atoms. The number of hydrogen-bond donors (Lipinski definition) is 1. The van der Waals surface area contributed by atoms with E-state index in [1.54, 1.807) is 19.3 Å². The van der Waals surface area contributed by atoms with Gasteiger partial charge in [0.05, 0.1) is 11.9 Å². The number of hydrogen-bond acceptors (Lipinski definition) is 5. The molecule has 3 aromatic rings. The fourth-order valence-corrected chi connectivity index (χ4v) is 2.43. The van der Waals surface area contributed by atoms with Gasteiger partial charge in [-0.2, -0.15) is 0 Å². The van der Waals surface area contributed by atoms with Crippen molar-refractivity contribution in [1.82, 2.24) is 14.9 Å². The zero-order valence-corrected chi connectivity index (χ0v) is 15.7. The van der Waals surface area contributed by atoms with Crippen LogP contribution in [-0.2, 0) is 16.0 Å². The van der Waals surface area contributed by atoms with E-state index in [2.05, 4.69) is 15.3 Å². The fraction of sp³-hybridized carbons (Fsp3) is 0.143. The van der Waals surface area contributed by atoms with Gasteiger partial charge in [-0.05, 0) is 42.5 Å². The summed E-state index contributed by atoms with van der Waals surface area (Å²) in [5.74, 6) is -1.08. The van der Waals surface area contributed by atoms with Crippen LogP contribution in [0.2, 0.25) is 0 Å². The zero-order chi connectivity index (χ0) is 20.6. The molecule has 8 heteroatoms. The summed E-state index contributed by atoms with van der Waals surface area (Å²) in [7, 11) is 1.56. The van der Waals surface area contributed by atoms with Gasteiger partial charge < -0.3 is 15.0 Å². The predicted octanol–water partition coefficient (Wildman–Crippen LogP) is 3.05. The van der Waals surface area contributed by atoms with Gasteiger partial charge >= 0.3 is 11.8 Å². The molecule has 0 aliphatic rings. The van der Waals surface area contributed by atoms with Gasteiger partial charge in [0.25, 0.3) is 0 Å². The van der Waals surface area contributed by atoms with Crippen LogP contribution in [0, 0.1) is 5.82 Å². The molecular weight excluding hydrogens is 375 g/mol. The van der Waals surface area contributed by atoms with Crippen LogP contribution in [0.15, 0.2) is 67.0 Å². The lowest BCUT2D eigenvalue weighted by Crippen LogP contribution is -2.38. The quantitative estimate of drug-likeness (QED) is 0.650. The maximum Gasteiger partial charge on any atom is 0.313 e. The van der Waals surface area contributed by atoms with Crippen molar-refractivity contribution in [3.05, 3.63) is 78.5 Å². The summed E-state index contributed by atoms with van der Waals surface area (Å²) >= 11 is 0. The van der Waals surface area contributed by atoms with E-state index in [1.807, 2.05) is 18.2 Å². The molecule has 0 saturated heterocycles. The molecule has 2 aromatic heterocycles. The van der Waals surface area contributed by atoms with Crippen molar-refractivity contribution in [2.75, 3.05) is 18.9 Å². The van der Waals surface area contributed by atoms with Crippen LogP contribution in [-0.4, -0.2) is 40.3 Å². The van der Waals surface area contributed by atoms with Gasteiger partial charge in [0.15, 0.2) is 0 Å². The molecule has 29 heavy (non-hydrogen) atoms. The number of pyridine rings is 2. The molecule has 1 N–H and O–H groups in total. The number of nitrogens with one attached hydrogen (secondary N) is 1. The van der Waals surface area contributed by atoms with Crippen LogP contribution < -0.4 is 10.1 Å². The summed E-state index contributed by atoms with van der Waals surface area (Å²) in [4.78, 5) is 34.0. The Morgan fingerprint density at radius 1 is 1.07 bits per heavy atom.